The molecule has 1 aliphatic rings. The lowest BCUT2D eigenvalue weighted by molar-refractivity contribution is -0.124. The van der Waals surface area contributed by atoms with E-state index in [4.69, 9.17) is 12.2 Å². The molecule has 7 heteroatoms. The molecule has 0 radical (unpaired) electrons. The quantitative estimate of drug-likeness (QED) is 0.849. The zero-order valence-corrected chi connectivity index (χ0v) is 13.5. The molecule has 1 amide bonds. The highest BCUT2D eigenvalue weighted by Crippen LogP contribution is 2.26. The second-order valence-electron chi connectivity index (χ2n) is 5.37. The molecule has 1 fully saturated rings. The van der Waals surface area contributed by atoms with Gasteiger partial charge in [0.15, 0.2) is 10.6 Å². The van der Waals surface area contributed by atoms with Crippen molar-refractivity contribution in [2.45, 2.75) is 44.7 Å². The predicted octanol–water partition coefficient (Wildman–Crippen LogP) is 3.29. The van der Waals surface area contributed by atoms with Crippen molar-refractivity contribution >= 4 is 29.5 Å². The standard InChI is InChI=1S/C14H18N4OS2/c1-9(13(19)15-10-5-2-3-6-10)18-12(16-17-14(18)20)11-7-4-8-21-11/h4,7-10H,2-3,5-6H2,1H3,(H,15,19)(H,17,20). The van der Waals surface area contributed by atoms with Gasteiger partial charge in [0.1, 0.15) is 6.04 Å². The molecule has 2 aromatic rings. The maximum Gasteiger partial charge on any atom is 0.243 e. The van der Waals surface area contributed by atoms with Gasteiger partial charge in [0.05, 0.1) is 4.88 Å². The Labute approximate surface area is 132 Å². The van der Waals surface area contributed by atoms with Crippen molar-refractivity contribution in [3.05, 3.63) is 22.3 Å². The lowest BCUT2D eigenvalue weighted by Gasteiger charge is -2.18. The van der Waals surface area contributed by atoms with E-state index in [1.165, 1.54) is 12.8 Å². The van der Waals surface area contributed by atoms with Crippen molar-refractivity contribution in [3.63, 3.8) is 0 Å². The molecule has 0 spiro atoms. The summed E-state index contributed by atoms with van der Waals surface area (Å²) in [6, 6.07) is 3.89. The van der Waals surface area contributed by atoms with Crippen LogP contribution < -0.4 is 5.32 Å². The van der Waals surface area contributed by atoms with Crippen molar-refractivity contribution in [2.24, 2.45) is 0 Å². The van der Waals surface area contributed by atoms with Crippen molar-refractivity contribution < 1.29 is 4.79 Å². The summed E-state index contributed by atoms with van der Waals surface area (Å²) in [6.07, 6.45) is 4.55. The molecular weight excluding hydrogens is 304 g/mol. The molecule has 1 atom stereocenters. The van der Waals surface area contributed by atoms with Crippen molar-refractivity contribution in [1.29, 1.82) is 0 Å². The Morgan fingerprint density at radius 1 is 1.57 bits per heavy atom. The largest absolute Gasteiger partial charge is 0.352 e. The van der Waals surface area contributed by atoms with Gasteiger partial charge in [-0.2, -0.15) is 5.10 Å². The minimum atomic E-state index is -0.367. The average molecular weight is 322 g/mol. The van der Waals surface area contributed by atoms with Crippen LogP contribution in [0.3, 0.4) is 0 Å². The van der Waals surface area contributed by atoms with Crippen LogP contribution in [0.1, 0.15) is 38.6 Å². The first kappa shape index (κ1) is 14.5. The Kier molecular flexibility index (Phi) is 4.21. The number of hydrogen-bond donors (Lipinski definition) is 2. The van der Waals surface area contributed by atoms with Gasteiger partial charge in [-0.3, -0.25) is 14.5 Å². The van der Waals surface area contributed by atoms with Gasteiger partial charge in [0.2, 0.25) is 5.91 Å². The fourth-order valence-corrected chi connectivity index (χ4v) is 3.75. The van der Waals surface area contributed by atoms with Gasteiger partial charge < -0.3 is 5.32 Å². The minimum Gasteiger partial charge on any atom is -0.352 e. The van der Waals surface area contributed by atoms with Crippen LogP contribution in [-0.4, -0.2) is 26.7 Å². The van der Waals surface area contributed by atoms with E-state index in [1.54, 1.807) is 15.9 Å². The van der Waals surface area contributed by atoms with E-state index in [1.807, 2.05) is 24.4 Å². The van der Waals surface area contributed by atoms with Crippen LogP contribution in [0.4, 0.5) is 0 Å². The third-order valence-electron chi connectivity index (χ3n) is 3.91. The number of amides is 1. The molecule has 0 saturated heterocycles. The summed E-state index contributed by atoms with van der Waals surface area (Å²) in [4.78, 5) is 13.5. The topological polar surface area (TPSA) is 62.7 Å². The Hall–Kier alpha value is -1.47. The van der Waals surface area contributed by atoms with Crippen molar-refractivity contribution in [1.82, 2.24) is 20.1 Å². The SMILES string of the molecule is CC(C(=O)NC1CCCC1)n1c(-c2cccs2)n[nH]c1=S. The summed E-state index contributed by atoms with van der Waals surface area (Å²) >= 11 is 6.88. The van der Waals surface area contributed by atoms with Gasteiger partial charge in [-0.05, 0) is 43.4 Å². The summed E-state index contributed by atoms with van der Waals surface area (Å²) in [5.74, 6) is 0.737. The number of H-pyrrole nitrogens is 1. The van der Waals surface area contributed by atoms with E-state index >= 15 is 0 Å². The molecule has 1 aliphatic carbocycles. The van der Waals surface area contributed by atoms with E-state index in [0.717, 1.165) is 23.5 Å². The van der Waals surface area contributed by atoms with Crippen LogP contribution in [0.5, 0.6) is 0 Å². The second kappa shape index (κ2) is 6.11. The van der Waals surface area contributed by atoms with Crippen molar-refractivity contribution in [2.75, 3.05) is 0 Å². The van der Waals surface area contributed by atoms with Gasteiger partial charge >= 0.3 is 0 Å². The lowest BCUT2D eigenvalue weighted by atomic mass is 10.2. The fraction of sp³-hybridized carbons (Fsp3) is 0.500. The molecule has 5 nitrogen and oxygen atoms in total. The molecule has 1 unspecified atom stereocenters. The maximum atomic E-state index is 12.5. The molecule has 21 heavy (non-hydrogen) atoms. The van der Waals surface area contributed by atoms with Crippen LogP contribution in [0.25, 0.3) is 10.7 Å². The Morgan fingerprint density at radius 2 is 2.33 bits per heavy atom. The second-order valence-corrected chi connectivity index (χ2v) is 6.70. The number of carbonyl (C=O) groups is 1. The highest BCUT2D eigenvalue weighted by Gasteiger charge is 2.24. The van der Waals surface area contributed by atoms with Gasteiger partial charge in [-0.1, -0.05) is 18.9 Å². The summed E-state index contributed by atoms with van der Waals surface area (Å²) in [7, 11) is 0. The third-order valence-corrected chi connectivity index (χ3v) is 5.07. The molecule has 0 bridgehead atoms. The van der Waals surface area contributed by atoms with Crippen LogP contribution in [0.2, 0.25) is 0 Å². The smallest absolute Gasteiger partial charge is 0.243 e. The number of rotatable bonds is 4. The molecular formula is C14H18N4OS2. The monoisotopic (exact) mass is 322 g/mol. The van der Waals surface area contributed by atoms with E-state index in [2.05, 4.69) is 15.5 Å². The van der Waals surface area contributed by atoms with Gasteiger partial charge in [-0.25, -0.2) is 0 Å². The van der Waals surface area contributed by atoms with Gasteiger partial charge in [0, 0.05) is 6.04 Å². The van der Waals surface area contributed by atoms with E-state index in [-0.39, 0.29) is 11.9 Å². The number of aromatic amines is 1. The first-order chi connectivity index (χ1) is 10.2. The van der Waals surface area contributed by atoms with E-state index in [9.17, 15) is 4.79 Å². The summed E-state index contributed by atoms with van der Waals surface area (Å²) < 4.78 is 2.28. The molecule has 2 aromatic heterocycles. The third kappa shape index (κ3) is 2.94. The van der Waals surface area contributed by atoms with Crippen molar-refractivity contribution in [3.8, 4) is 10.7 Å². The lowest BCUT2D eigenvalue weighted by Crippen LogP contribution is -2.37. The molecule has 0 aromatic carbocycles. The molecule has 2 N–H and O–H groups in total. The number of hydrogen-bond acceptors (Lipinski definition) is 4. The first-order valence-corrected chi connectivity index (χ1v) is 8.47. The van der Waals surface area contributed by atoms with Crippen LogP contribution >= 0.6 is 23.6 Å². The minimum absolute atomic E-state index is 0.0113. The predicted molar refractivity (Wildman–Crippen MR) is 85.8 cm³/mol. The molecule has 1 saturated carbocycles. The number of nitrogens with one attached hydrogen (secondary N) is 2. The van der Waals surface area contributed by atoms with Gasteiger partial charge in [0.25, 0.3) is 0 Å². The van der Waals surface area contributed by atoms with Gasteiger partial charge in [-0.15, -0.1) is 11.3 Å². The van der Waals surface area contributed by atoms with Crippen LogP contribution in [0, 0.1) is 4.77 Å². The molecule has 112 valence electrons. The van der Waals surface area contributed by atoms with Crippen LogP contribution in [-0.2, 0) is 4.79 Å². The van der Waals surface area contributed by atoms with Crippen LogP contribution in [0.15, 0.2) is 17.5 Å². The number of carbonyl (C=O) groups excluding carboxylic acids is 1. The number of nitrogens with zero attached hydrogens (tertiary/aromatic N) is 2. The average Bonchev–Trinajstić information content (AvgIpc) is 3.18. The highest BCUT2D eigenvalue weighted by atomic mass is 32.1. The Balaban J connectivity index is 1.84. The molecule has 2 heterocycles. The Morgan fingerprint density at radius 3 is 3.00 bits per heavy atom. The normalized spacial score (nSPS) is 17.0. The van der Waals surface area contributed by atoms with E-state index < -0.39 is 0 Å². The number of aromatic nitrogens is 3. The molecule has 3 rings (SSSR count). The zero-order valence-electron chi connectivity index (χ0n) is 11.8. The zero-order chi connectivity index (χ0) is 14.8. The first-order valence-electron chi connectivity index (χ1n) is 7.18. The fourth-order valence-electron chi connectivity index (χ4n) is 2.75. The number of thiophene rings is 1. The summed E-state index contributed by atoms with van der Waals surface area (Å²) in [5.41, 5.74) is 0. The molecule has 0 aliphatic heterocycles. The highest BCUT2D eigenvalue weighted by molar-refractivity contribution is 7.71. The summed E-state index contributed by atoms with van der Waals surface area (Å²) in [6.45, 7) is 1.87. The Bertz CT molecular complexity index is 667. The van der Waals surface area contributed by atoms with E-state index in [0.29, 0.717) is 10.8 Å². The summed E-state index contributed by atoms with van der Waals surface area (Å²) in [5, 5.41) is 12.2. The maximum absolute atomic E-state index is 12.5.